The van der Waals surface area contributed by atoms with Crippen LogP contribution in [0.25, 0.3) is 0 Å². The van der Waals surface area contributed by atoms with E-state index in [9.17, 15) is 9.59 Å². The van der Waals surface area contributed by atoms with Crippen LogP contribution in [0.3, 0.4) is 0 Å². The average molecular weight is 437 g/mol. The summed E-state index contributed by atoms with van der Waals surface area (Å²) >= 11 is 4.05. The second kappa shape index (κ2) is 9.30. The van der Waals surface area contributed by atoms with Crippen LogP contribution in [0, 0.1) is 5.92 Å². The van der Waals surface area contributed by atoms with Gasteiger partial charge < -0.3 is 15.2 Å². The first-order valence-electron chi connectivity index (χ1n) is 8.51. The van der Waals surface area contributed by atoms with Crippen LogP contribution in [0.4, 0.5) is 5.13 Å². The van der Waals surface area contributed by atoms with Gasteiger partial charge in [-0.3, -0.25) is 9.59 Å². The van der Waals surface area contributed by atoms with Gasteiger partial charge in [-0.1, -0.05) is 31.7 Å². The van der Waals surface area contributed by atoms with Crippen molar-refractivity contribution in [1.82, 2.24) is 25.1 Å². The molecule has 0 bridgehead atoms. The van der Waals surface area contributed by atoms with Gasteiger partial charge in [-0.15, -0.1) is 32.9 Å². The molecule has 3 rings (SSSR count). The summed E-state index contributed by atoms with van der Waals surface area (Å²) in [7, 11) is 1.84. The number of carbonyl (C=O) groups is 2. The number of thioether (sulfide) groups is 1. The number of nitrogens with one attached hydrogen (secondary N) is 2. The summed E-state index contributed by atoms with van der Waals surface area (Å²) in [6, 6.07) is 3.35. The Hall–Kier alpha value is -2.24. The van der Waals surface area contributed by atoms with E-state index in [2.05, 4.69) is 25.8 Å². The van der Waals surface area contributed by atoms with Crippen molar-refractivity contribution in [1.29, 1.82) is 0 Å². The predicted octanol–water partition coefficient (Wildman–Crippen LogP) is 3.19. The molecule has 0 saturated carbocycles. The Labute approximate surface area is 174 Å². The van der Waals surface area contributed by atoms with E-state index in [-0.39, 0.29) is 29.5 Å². The molecule has 0 aliphatic rings. The quantitative estimate of drug-likeness (QED) is 0.526. The Kier molecular flexibility index (Phi) is 6.81. The first kappa shape index (κ1) is 20.5. The maximum atomic E-state index is 12.5. The number of thiophene rings is 1. The van der Waals surface area contributed by atoms with Crippen LogP contribution in [0.2, 0.25) is 0 Å². The smallest absolute Gasteiger partial charge is 0.261 e. The molecular formula is C17H20N6O2S3. The van der Waals surface area contributed by atoms with Crippen LogP contribution >= 0.6 is 34.4 Å². The first-order chi connectivity index (χ1) is 13.5. The van der Waals surface area contributed by atoms with E-state index >= 15 is 0 Å². The molecule has 0 fully saturated rings. The van der Waals surface area contributed by atoms with E-state index in [1.54, 1.807) is 17.6 Å². The summed E-state index contributed by atoms with van der Waals surface area (Å²) < 4.78 is 1.82. The monoisotopic (exact) mass is 436 g/mol. The Balaban J connectivity index is 1.65. The van der Waals surface area contributed by atoms with Crippen LogP contribution in [-0.4, -0.2) is 37.3 Å². The fraction of sp³-hybridized carbons (Fsp3) is 0.353. The number of thiazole rings is 1. The highest BCUT2D eigenvalue weighted by atomic mass is 32.2. The predicted molar refractivity (Wildman–Crippen MR) is 112 cm³/mol. The van der Waals surface area contributed by atoms with Gasteiger partial charge in [0, 0.05) is 18.6 Å². The van der Waals surface area contributed by atoms with Gasteiger partial charge in [0.2, 0.25) is 5.91 Å². The van der Waals surface area contributed by atoms with Crippen LogP contribution in [0.5, 0.6) is 0 Å². The summed E-state index contributed by atoms with van der Waals surface area (Å²) in [6.45, 7) is 4.03. The zero-order valence-corrected chi connectivity index (χ0v) is 18.0. The Morgan fingerprint density at radius 3 is 2.71 bits per heavy atom. The van der Waals surface area contributed by atoms with E-state index in [0.29, 0.717) is 21.0 Å². The zero-order valence-electron chi connectivity index (χ0n) is 15.6. The van der Waals surface area contributed by atoms with Gasteiger partial charge in [0.1, 0.15) is 0 Å². The van der Waals surface area contributed by atoms with Crippen LogP contribution in [-0.2, 0) is 11.8 Å². The minimum atomic E-state index is -0.286. The molecule has 0 saturated heterocycles. The number of hydrogen-bond donors (Lipinski definition) is 2. The number of amides is 2. The number of rotatable bonds is 8. The molecule has 0 radical (unpaired) electrons. The lowest BCUT2D eigenvalue weighted by atomic mass is 10.0. The summed E-state index contributed by atoms with van der Waals surface area (Å²) in [6.07, 6.45) is 1.64. The minimum Gasteiger partial charge on any atom is -0.341 e. The van der Waals surface area contributed by atoms with E-state index in [1.165, 1.54) is 34.4 Å². The lowest BCUT2D eigenvalue weighted by Crippen LogP contribution is -2.33. The molecule has 0 spiro atoms. The van der Waals surface area contributed by atoms with Gasteiger partial charge in [-0.25, -0.2) is 4.98 Å². The number of aromatic nitrogens is 4. The maximum absolute atomic E-state index is 12.5. The molecule has 3 heterocycles. The van der Waals surface area contributed by atoms with Gasteiger partial charge >= 0.3 is 0 Å². The van der Waals surface area contributed by atoms with Gasteiger partial charge in [-0.05, 0) is 17.4 Å². The molecule has 0 unspecified atom stereocenters. The summed E-state index contributed by atoms with van der Waals surface area (Å²) in [5.41, 5.74) is 0. The first-order valence-corrected chi connectivity index (χ1v) is 11.3. The lowest BCUT2D eigenvalue weighted by Gasteiger charge is -2.21. The highest BCUT2D eigenvalue weighted by Crippen LogP contribution is 2.25. The van der Waals surface area contributed by atoms with Gasteiger partial charge in [0.25, 0.3) is 5.91 Å². The third kappa shape index (κ3) is 4.97. The molecule has 0 aliphatic carbocycles. The Morgan fingerprint density at radius 2 is 2.07 bits per heavy atom. The number of carbonyl (C=O) groups excluding carboxylic acids is 2. The second-order valence-electron chi connectivity index (χ2n) is 6.25. The second-order valence-corrected chi connectivity index (χ2v) is 9.03. The molecule has 3 aromatic heterocycles. The number of anilines is 1. The molecular weight excluding hydrogens is 416 g/mol. The molecule has 148 valence electrons. The summed E-state index contributed by atoms with van der Waals surface area (Å²) in [4.78, 5) is 29.2. The van der Waals surface area contributed by atoms with E-state index < -0.39 is 0 Å². The minimum absolute atomic E-state index is 0.123. The molecule has 0 aliphatic heterocycles. The van der Waals surface area contributed by atoms with E-state index in [0.717, 1.165) is 0 Å². The third-order valence-corrected chi connectivity index (χ3v) is 6.43. The lowest BCUT2D eigenvalue weighted by molar-refractivity contribution is -0.113. The topological polar surface area (TPSA) is 102 Å². The largest absolute Gasteiger partial charge is 0.341 e. The Morgan fingerprint density at radius 1 is 1.25 bits per heavy atom. The highest BCUT2D eigenvalue weighted by molar-refractivity contribution is 7.99. The number of nitrogens with zero attached hydrogens (tertiary/aromatic N) is 4. The molecule has 2 amide bonds. The van der Waals surface area contributed by atoms with Crippen molar-refractivity contribution < 1.29 is 9.59 Å². The molecule has 8 nitrogen and oxygen atoms in total. The van der Waals surface area contributed by atoms with Crippen molar-refractivity contribution >= 4 is 51.4 Å². The van der Waals surface area contributed by atoms with Crippen molar-refractivity contribution in [3.8, 4) is 0 Å². The van der Waals surface area contributed by atoms with Crippen LogP contribution in [0.15, 0.2) is 34.2 Å². The van der Waals surface area contributed by atoms with Crippen molar-refractivity contribution in [2.75, 3.05) is 11.1 Å². The van der Waals surface area contributed by atoms with Crippen LogP contribution in [0.1, 0.15) is 35.4 Å². The number of hydrogen-bond acceptors (Lipinski definition) is 8. The maximum Gasteiger partial charge on any atom is 0.261 e. The summed E-state index contributed by atoms with van der Waals surface area (Å²) in [5, 5.41) is 19.1. The summed E-state index contributed by atoms with van der Waals surface area (Å²) in [5.74, 6) is 0.685. The highest BCUT2D eigenvalue weighted by Gasteiger charge is 2.25. The van der Waals surface area contributed by atoms with Crippen molar-refractivity contribution in [2.24, 2.45) is 13.0 Å². The molecule has 3 aromatic rings. The SMILES string of the molecule is CC(C)[C@@H](NC(=O)c1cccs1)c1nnc(SCC(=O)Nc2nccs2)n1C. The van der Waals surface area contributed by atoms with Crippen molar-refractivity contribution in [2.45, 2.75) is 25.0 Å². The van der Waals surface area contributed by atoms with Gasteiger partial charge in [-0.2, -0.15) is 0 Å². The standard InChI is InChI=1S/C17H20N6O2S3/c1-10(2)13(20-15(25)11-5-4-7-26-11)14-21-22-17(23(14)3)28-9-12(24)19-16-18-6-8-27-16/h4-8,10,13H,9H2,1-3H3,(H,20,25)(H,18,19,24)/t13-/m1/s1. The third-order valence-electron chi connectivity index (χ3n) is 3.86. The fourth-order valence-electron chi connectivity index (χ4n) is 2.44. The van der Waals surface area contributed by atoms with Gasteiger partial charge in [0.15, 0.2) is 16.1 Å². The Bertz CT molecular complexity index is 921. The molecule has 28 heavy (non-hydrogen) atoms. The van der Waals surface area contributed by atoms with Crippen molar-refractivity contribution in [3.05, 3.63) is 39.8 Å². The van der Waals surface area contributed by atoms with E-state index in [1.807, 2.05) is 36.9 Å². The molecule has 1 atom stereocenters. The average Bonchev–Trinajstić information content (AvgIpc) is 3.41. The zero-order chi connectivity index (χ0) is 20.1. The molecule has 2 N–H and O–H groups in total. The normalized spacial score (nSPS) is 12.1. The van der Waals surface area contributed by atoms with Crippen LogP contribution < -0.4 is 10.6 Å². The van der Waals surface area contributed by atoms with Gasteiger partial charge in [0.05, 0.1) is 16.7 Å². The molecule has 0 aromatic carbocycles. The van der Waals surface area contributed by atoms with E-state index in [4.69, 9.17) is 0 Å². The van der Waals surface area contributed by atoms with Crippen molar-refractivity contribution in [3.63, 3.8) is 0 Å². The fourth-order valence-corrected chi connectivity index (χ4v) is 4.33. The molecule has 11 heteroatoms.